The van der Waals surface area contributed by atoms with Crippen molar-refractivity contribution in [2.75, 3.05) is 5.43 Å². The van der Waals surface area contributed by atoms with Crippen molar-refractivity contribution in [3.8, 4) is 17.0 Å². The third-order valence-electron chi connectivity index (χ3n) is 4.22. The van der Waals surface area contributed by atoms with E-state index in [1.54, 1.807) is 18.3 Å². The Morgan fingerprint density at radius 3 is 2.53 bits per heavy atom. The fourth-order valence-electron chi connectivity index (χ4n) is 2.67. The molecule has 0 unspecified atom stereocenters. The second-order valence-corrected chi connectivity index (χ2v) is 8.05. The minimum Gasteiger partial charge on any atom is -0.489 e. The van der Waals surface area contributed by atoms with Gasteiger partial charge in [0.1, 0.15) is 12.4 Å². The van der Waals surface area contributed by atoms with Gasteiger partial charge in [0, 0.05) is 10.9 Å². The SMILES string of the molecule is Clc1ccc(COc2ccc(/C=N\Nc3nc(-c4ccccc4)cs3)cc2)cc1Cl. The fraction of sp³-hybridized carbons (Fsp3) is 0.0435. The van der Waals surface area contributed by atoms with Crippen LogP contribution < -0.4 is 10.2 Å². The molecule has 0 saturated carbocycles. The van der Waals surface area contributed by atoms with E-state index in [2.05, 4.69) is 15.5 Å². The summed E-state index contributed by atoms with van der Waals surface area (Å²) < 4.78 is 5.79. The van der Waals surface area contributed by atoms with Crippen LogP contribution in [0, 0.1) is 0 Å². The number of benzene rings is 3. The van der Waals surface area contributed by atoms with Gasteiger partial charge >= 0.3 is 0 Å². The van der Waals surface area contributed by atoms with Crippen LogP contribution >= 0.6 is 34.5 Å². The first kappa shape index (κ1) is 20.4. The molecule has 0 saturated heterocycles. The number of halogens is 2. The highest BCUT2D eigenvalue weighted by Gasteiger charge is 2.03. The molecular weight excluding hydrogens is 437 g/mol. The molecule has 30 heavy (non-hydrogen) atoms. The van der Waals surface area contributed by atoms with E-state index in [1.165, 1.54) is 11.3 Å². The van der Waals surface area contributed by atoms with E-state index in [9.17, 15) is 0 Å². The summed E-state index contributed by atoms with van der Waals surface area (Å²) in [5, 5.41) is 8.07. The van der Waals surface area contributed by atoms with Crippen LogP contribution in [0.15, 0.2) is 83.3 Å². The van der Waals surface area contributed by atoms with Crippen molar-refractivity contribution in [1.29, 1.82) is 0 Å². The maximum atomic E-state index is 6.03. The van der Waals surface area contributed by atoms with Crippen molar-refractivity contribution >= 4 is 45.9 Å². The Bertz CT molecular complexity index is 1140. The van der Waals surface area contributed by atoms with E-state index in [1.807, 2.05) is 66.0 Å². The summed E-state index contributed by atoms with van der Waals surface area (Å²) in [6.07, 6.45) is 1.74. The first-order valence-electron chi connectivity index (χ1n) is 9.14. The minimum atomic E-state index is 0.416. The van der Waals surface area contributed by atoms with E-state index in [4.69, 9.17) is 27.9 Å². The number of rotatable bonds is 7. The van der Waals surface area contributed by atoms with Gasteiger partial charge in [-0.15, -0.1) is 11.3 Å². The smallest absolute Gasteiger partial charge is 0.203 e. The highest BCUT2D eigenvalue weighted by Crippen LogP contribution is 2.25. The molecule has 0 radical (unpaired) electrons. The molecule has 4 rings (SSSR count). The second-order valence-electron chi connectivity index (χ2n) is 6.38. The molecule has 0 amide bonds. The van der Waals surface area contributed by atoms with Crippen LogP contribution in [0.5, 0.6) is 5.75 Å². The molecule has 0 fully saturated rings. The topological polar surface area (TPSA) is 46.5 Å². The minimum absolute atomic E-state index is 0.416. The van der Waals surface area contributed by atoms with Gasteiger partial charge in [0.2, 0.25) is 5.13 Å². The van der Waals surface area contributed by atoms with Crippen LogP contribution in [0.4, 0.5) is 5.13 Å². The van der Waals surface area contributed by atoms with Crippen molar-refractivity contribution < 1.29 is 4.74 Å². The highest BCUT2D eigenvalue weighted by atomic mass is 35.5. The van der Waals surface area contributed by atoms with Gasteiger partial charge in [-0.05, 0) is 47.5 Å². The fourth-order valence-corrected chi connectivity index (χ4v) is 3.66. The zero-order valence-electron chi connectivity index (χ0n) is 15.8. The number of anilines is 1. The van der Waals surface area contributed by atoms with Gasteiger partial charge in [-0.2, -0.15) is 5.10 Å². The van der Waals surface area contributed by atoms with Crippen molar-refractivity contribution in [2.45, 2.75) is 6.61 Å². The van der Waals surface area contributed by atoms with Gasteiger partial charge in [0.15, 0.2) is 0 Å². The molecule has 1 aromatic heterocycles. The van der Waals surface area contributed by atoms with Crippen LogP contribution in [0.2, 0.25) is 10.0 Å². The molecule has 1 heterocycles. The van der Waals surface area contributed by atoms with Gasteiger partial charge in [0.25, 0.3) is 0 Å². The first-order chi connectivity index (χ1) is 14.7. The van der Waals surface area contributed by atoms with Crippen LogP contribution in [-0.2, 0) is 6.61 Å². The lowest BCUT2D eigenvalue weighted by Gasteiger charge is -2.07. The van der Waals surface area contributed by atoms with E-state index < -0.39 is 0 Å². The molecule has 4 nitrogen and oxygen atoms in total. The number of hydrogen-bond donors (Lipinski definition) is 1. The average molecular weight is 454 g/mol. The third-order valence-corrected chi connectivity index (χ3v) is 5.70. The lowest BCUT2D eigenvalue weighted by atomic mass is 10.2. The quantitative estimate of drug-likeness (QED) is 0.238. The van der Waals surface area contributed by atoms with Gasteiger partial charge in [-0.1, -0.05) is 59.6 Å². The zero-order chi connectivity index (χ0) is 20.8. The average Bonchev–Trinajstić information content (AvgIpc) is 3.25. The Hall–Kier alpha value is -2.86. The Kier molecular flexibility index (Phi) is 6.64. The Balaban J connectivity index is 1.30. The van der Waals surface area contributed by atoms with Crippen LogP contribution in [0.1, 0.15) is 11.1 Å². The molecule has 0 bridgehead atoms. The molecule has 0 atom stereocenters. The number of ether oxygens (including phenoxy) is 1. The van der Waals surface area contributed by atoms with Gasteiger partial charge in [-0.25, -0.2) is 4.98 Å². The summed E-state index contributed by atoms with van der Waals surface area (Å²) in [7, 11) is 0. The lowest BCUT2D eigenvalue weighted by Crippen LogP contribution is -1.96. The van der Waals surface area contributed by atoms with Crippen LogP contribution in [-0.4, -0.2) is 11.2 Å². The Labute approximate surface area is 188 Å². The van der Waals surface area contributed by atoms with Gasteiger partial charge in [0.05, 0.1) is 22.0 Å². The molecule has 4 aromatic rings. The molecule has 0 aliphatic carbocycles. The molecule has 0 spiro atoms. The largest absolute Gasteiger partial charge is 0.489 e. The number of nitrogens with zero attached hydrogens (tertiary/aromatic N) is 2. The molecule has 3 aromatic carbocycles. The zero-order valence-corrected chi connectivity index (χ0v) is 18.1. The van der Waals surface area contributed by atoms with Crippen LogP contribution in [0.25, 0.3) is 11.3 Å². The summed E-state index contributed by atoms with van der Waals surface area (Å²) >= 11 is 13.5. The summed E-state index contributed by atoms with van der Waals surface area (Å²) in [5.74, 6) is 0.763. The lowest BCUT2D eigenvalue weighted by molar-refractivity contribution is 0.306. The number of nitrogens with one attached hydrogen (secondary N) is 1. The first-order valence-corrected chi connectivity index (χ1v) is 10.8. The highest BCUT2D eigenvalue weighted by molar-refractivity contribution is 7.14. The molecule has 1 N–H and O–H groups in total. The van der Waals surface area contributed by atoms with E-state index >= 15 is 0 Å². The third kappa shape index (κ3) is 5.39. The standard InChI is InChI=1S/C23H17Cl2N3OS/c24-20-11-8-17(12-21(20)25)14-29-19-9-6-16(7-10-19)13-26-28-23-27-22(15-30-23)18-4-2-1-3-5-18/h1-13,15H,14H2,(H,27,28)/b26-13-. The monoisotopic (exact) mass is 453 g/mol. The normalized spacial score (nSPS) is 11.0. The maximum Gasteiger partial charge on any atom is 0.203 e. The van der Waals surface area contributed by atoms with E-state index in [-0.39, 0.29) is 0 Å². The second kappa shape index (κ2) is 9.76. The summed E-state index contributed by atoms with van der Waals surface area (Å²) in [5.41, 5.74) is 6.90. The Morgan fingerprint density at radius 1 is 0.967 bits per heavy atom. The molecule has 0 aliphatic heterocycles. The van der Waals surface area contributed by atoms with Crippen LogP contribution in [0.3, 0.4) is 0 Å². The molecular formula is C23H17Cl2N3OS. The van der Waals surface area contributed by atoms with Crippen molar-refractivity contribution in [3.05, 3.63) is 99.3 Å². The number of aromatic nitrogens is 1. The van der Waals surface area contributed by atoms with E-state index in [0.717, 1.165) is 33.3 Å². The van der Waals surface area contributed by atoms with Gasteiger partial charge in [-0.3, -0.25) is 5.43 Å². The molecule has 150 valence electrons. The maximum absolute atomic E-state index is 6.03. The predicted molar refractivity (Wildman–Crippen MR) is 126 cm³/mol. The van der Waals surface area contributed by atoms with Crippen molar-refractivity contribution in [2.24, 2.45) is 5.10 Å². The van der Waals surface area contributed by atoms with Crippen molar-refractivity contribution in [1.82, 2.24) is 4.98 Å². The summed E-state index contributed by atoms with van der Waals surface area (Å²) in [6.45, 7) is 0.416. The van der Waals surface area contributed by atoms with E-state index in [0.29, 0.717) is 16.7 Å². The Morgan fingerprint density at radius 2 is 1.77 bits per heavy atom. The molecule has 0 aliphatic rings. The number of hydrazone groups is 1. The van der Waals surface area contributed by atoms with Gasteiger partial charge < -0.3 is 4.74 Å². The number of hydrogen-bond acceptors (Lipinski definition) is 5. The summed E-state index contributed by atoms with van der Waals surface area (Å²) in [4.78, 5) is 4.55. The predicted octanol–water partition coefficient (Wildman–Crippen LogP) is 7.14. The van der Waals surface area contributed by atoms with Crippen molar-refractivity contribution in [3.63, 3.8) is 0 Å². The molecule has 7 heteroatoms. The summed E-state index contributed by atoms with van der Waals surface area (Å²) in [6, 6.07) is 23.2. The number of thiazole rings is 1.